The van der Waals surface area contributed by atoms with Gasteiger partial charge in [0.2, 0.25) is 11.7 Å². The van der Waals surface area contributed by atoms with E-state index in [2.05, 4.69) is 9.72 Å². The van der Waals surface area contributed by atoms with Crippen molar-refractivity contribution in [3.8, 4) is 5.88 Å². The first-order chi connectivity index (χ1) is 7.79. The summed E-state index contributed by atoms with van der Waals surface area (Å²) in [5, 5.41) is 10.4. The van der Waals surface area contributed by atoms with E-state index in [0.717, 1.165) is 12.1 Å². The van der Waals surface area contributed by atoms with Crippen molar-refractivity contribution in [2.75, 3.05) is 12.3 Å². The first kappa shape index (κ1) is 13.0. The highest BCUT2D eigenvalue weighted by molar-refractivity contribution is 5.53. The van der Waals surface area contributed by atoms with Crippen LogP contribution in [-0.2, 0) is 0 Å². The van der Waals surface area contributed by atoms with Crippen LogP contribution in [0.15, 0.2) is 12.1 Å². The fourth-order valence-corrected chi connectivity index (χ4v) is 0.955. The van der Waals surface area contributed by atoms with Gasteiger partial charge in [-0.05, 0) is 0 Å². The monoisotopic (exact) mass is 251 g/mol. The lowest BCUT2D eigenvalue weighted by Gasteiger charge is -2.07. The van der Waals surface area contributed by atoms with Gasteiger partial charge >= 0.3 is 11.9 Å². The fourth-order valence-electron chi connectivity index (χ4n) is 0.955. The molecule has 1 rings (SSSR count). The molecule has 0 fully saturated rings. The topological polar surface area (TPSA) is 91.3 Å². The maximum absolute atomic E-state index is 11.8. The minimum atomic E-state index is -4.33. The number of nitrogens with zero attached hydrogens (tertiary/aromatic N) is 2. The number of pyridine rings is 1. The van der Waals surface area contributed by atoms with Crippen LogP contribution in [0.2, 0.25) is 0 Å². The molecule has 0 aliphatic heterocycles. The molecule has 1 heterocycles. The number of anilines is 1. The van der Waals surface area contributed by atoms with E-state index in [4.69, 9.17) is 5.73 Å². The average molecular weight is 251 g/mol. The number of nitrogens with two attached hydrogens (primary N) is 1. The zero-order chi connectivity index (χ0) is 13.1. The second kappa shape index (κ2) is 4.85. The minimum Gasteiger partial charge on any atom is -0.477 e. The Balaban J connectivity index is 2.62. The summed E-state index contributed by atoms with van der Waals surface area (Å²) in [6.45, 7) is -0.617. The third-order valence-electron chi connectivity index (χ3n) is 1.71. The van der Waals surface area contributed by atoms with Crippen molar-refractivity contribution < 1.29 is 22.8 Å². The van der Waals surface area contributed by atoms with Crippen molar-refractivity contribution in [3.05, 3.63) is 22.2 Å². The van der Waals surface area contributed by atoms with Gasteiger partial charge in [0.15, 0.2) is 0 Å². The second-order valence-corrected chi connectivity index (χ2v) is 3.02. The summed E-state index contributed by atoms with van der Waals surface area (Å²) < 4.78 is 40.0. The van der Waals surface area contributed by atoms with Crippen LogP contribution < -0.4 is 10.5 Å². The van der Waals surface area contributed by atoms with Crippen molar-refractivity contribution >= 4 is 11.5 Å². The highest BCUT2D eigenvalue weighted by Gasteiger charge is 2.27. The summed E-state index contributed by atoms with van der Waals surface area (Å²) in [4.78, 5) is 13.1. The van der Waals surface area contributed by atoms with Crippen molar-refractivity contribution in [1.29, 1.82) is 0 Å². The maximum Gasteiger partial charge on any atom is 0.392 e. The first-order valence-corrected chi connectivity index (χ1v) is 4.40. The van der Waals surface area contributed by atoms with Crippen molar-refractivity contribution in [3.63, 3.8) is 0 Å². The Kier molecular flexibility index (Phi) is 3.71. The van der Waals surface area contributed by atoms with Crippen LogP contribution in [0.4, 0.5) is 24.7 Å². The van der Waals surface area contributed by atoms with E-state index in [1.54, 1.807) is 0 Å². The Bertz CT molecular complexity index is 422. The molecular formula is C8H8F3N3O3. The Hall–Kier alpha value is -2.06. The van der Waals surface area contributed by atoms with Crippen LogP contribution >= 0.6 is 0 Å². The molecule has 17 heavy (non-hydrogen) atoms. The lowest BCUT2D eigenvalue weighted by Crippen LogP contribution is -2.13. The molecule has 2 N–H and O–H groups in total. The van der Waals surface area contributed by atoms with Crippen LogP contribution in [0.3, 0.4) is 0 Å². The first-order valence-electron chi connectivity index (χ1n) is 4.40. The maximum atomic E-state index is 11.8. The van der Waals surface area contributed by atoms with Gasteiger partial charge in [-0.2, -0.15) is 18.2 Å². The average Bonchev–Trinajstić information content (AvgIpc) is 2.15. The van der Waals surface area contributed by atoms with Gasteiger partial charge in [0, 0.05) is 12.1 Å². The van der Waals surface area contributed by atoms with Gasteiger partial charge in [0.1, 0.15) is 0 Å². The predicted molar refractivity (Wildman–Crippen MR) is 51.5 cm³/mol. The molecule has 0 atom stereocenters. The summed E-state index contributed by atoms with van der Waals surface area (Å²) >= 11 is 0. The van der Waals surface area contributed by atoms with Gasteiger partial charge in [-0.3, -0.25) is 10.1 Å². The van der Waals surface area contributed by atoms with E-state index in [-0.39, 0.29) is 5.88 Å². The minimum absolute atomic E-state index is 0.183. The smallest absolute Gasteiger partial charge is 0.392 e. The molecule has 6 nitrogen and oxygen atoms in total. The molecule has 0 saturated carbocycles. The lowest BCUT2D eigenvalue weighted by atomic mass is 10.4. The van der Waals surface area contributed by atoms with Gasteiger partial charge in [0.25, 0.3) is 0 Å². The summed E-state index contributed by atoms with van der Waals surface area (Å²) in [6.07, 6.45) is -5.46. The fraction of sp³-hybridized carbons (Fsp3) is 0.375. The molecule has 1 aromatic heterocycles. The van der Waals surface area contributed by atoms with Crippen LogP contribution in [-0.4, -0.2) is 22.7 Å². The molecule has 9 heteroatoms. The van der Waals surface area contributed by atoms with Crippen molar-refractivity contribution in [1.82, 2.24) is 4.98 Å². The predicted octanol–water partition coefficient (Wildman–Crippen LogP) is 1.90. The van der Waals surface area contributed by atoms with Gasteiger partial charge in [-0.15, -0.1) is 0 Å². The van der Waals surface area contributed by atoms with Crippen molar-refractivity contribution in [2.45, 2.75) is 12.6 Å². The molecular weight excluding hydrogens is 243 g/mol. The number of hydrogen-bond donors (Lipinski definition) is 1. The highest BCUT2D eigenvalue weighted by atomic mass is 19.4. The lowest BCUT2D eigenvalue weighted by molar-refractivity contribution is -0.384. The molecule has 1 aromatic rings. The van der Waals surface area contributed by atoms with E-state index < -0.39 is 35.6 Å². The summed E-state index contributed by atoms with van der Waals surface area (Å²) in [7, 11) is 0. The molecule has 0 aromatic carbocycles. The zero-order valence-electron chi connectivity index (χ0n) is 8.40. The molecule has 0 saturated heterocycles. The number of rotatable bonds is 4. The molecule has 0 bridgehead atoms. The van der Waals surface area contributed by atoms with Gasteiger partial charge < -0.3 is 10.5 Å². The third kappa shape index (κ3) is 4.13. The Morgan fingerprint density at radius 2 is 2.12 bits per heavy atom. The number of halogens is 3. The SMILES string of the molecule is Nc1nc(OCCC(F)(F)F)ccc1[N+](=O)[O-]. The largest absolute Gasteiger partial charge is 0.477 e. The highest BCUT2D eigenvalue weighted by Crippen LogP contribution is 2.23. The van der Waals surface area contributed by atoms with Crippen molar-refractivity contribution in [2.24, 2.45) is 0 Å². The van der Waals surface area contributed by atoms with Gasteiger partial charge in [-0.25, -0.2) is 0 Å². The molecule has 0 spiro atoms. The summed E-state index contributed by atoms with van der Waals surface area (Å²) in [5.74, 6) is -0.586. The summed E-state index contributed by atoms with van der Waals surface area (Å²) in [6, 6.07) is 2.11. The van der Waals surface area contributed by atoms with Gasteiger partial charge in [-0.1, -0.05) is 0 Å². The van der Waals surface area contributed by atoms with Crippen LogP contribution in [0.25, 0.3) is 0 Å². The van der Waals surface area contributed by atoms with Crippen LogP contribution in [0.5, 0.6) is 5.88 Å². The Morgan fingerprint density at radius 3 is 2.59 bits per heavy atom. The number of ether oxygens (including phenoxy) is 1. The number of aromatic nitrogens is 1. The molecule has 94 valence electrons. The molecule has 0 aliphatic rings. The standard InChI is InChI=1S/C8H8F3N3O3/c9-8(10,11)3-4-17-6-2-1-5(14(15)16)7(12)13-6/h1-2H,3-4H2,(H2,12,13). The molecule has 0 radical (unpaired) electrons. The van der Waals surface area contributed by atoms with E-state index in [0.29, 0.717) is 0 Å². The normalized spacial score (nSPS) is 11.2. The molecule has 0 amide bonds. The number of nitrogen functional groups attached to an aromatic ring is 1. The molecule has 0 unspecified atom stereocenters. The number of alkyl halides is 3. The van der Waals surface area contributed by atoms with Gasteiger partial charge in [0.05, 0.1) is 18.0 Å². The Morgan fingerprint density at radius 1 is 1.47 bits per heavy atom. The van der Waals surface area contributed by atoms with Crippen LogP contribution in [0.1, 0.15) is 6.42 Å². The molecule has 0 aliphatic carbocycles. The second-order valence-electron chi connectivity index (χ2n) is 3.02. The third-order valence-corrected chi connectivity index (χ3v) is 1.71. The van der Waals surface area contributed by atoms with E-state index >= 15 is 0 Å². The Labute approximate surface area is 93.3 Å². The van der Waals surface area contributed by atoms with E-state index in [1.807, 2.05) is 0 Å². The van der Waals surface area contributed by atoms with Crippen LogP contribution in [0, 0.1) is 10.1 Å². The quantitative estimate of drug-likeness (QED) is 0.651. The summed E-state index contributed by atoms with van der Waals surface area (Å²) in [5.41, 5.74) is 4.80. The number of hydrogen-bond acceptors (Lipinski definition) is 5. The van der Waals surface area contributed by atoms with E-state index in [1.165, 1.54) is 0 Å². The zero-order valence-corrected chi connectivity index (χ0v) is 8.40. The number of nitro groups is 1. The van der Waals surface area contributed by atoms with E-state index in [9.17, 15) is 23.3 Å².